The van der Waals surface area contributed by atoms with Gasteiger partial charge in [0.2, 0.25) is 0 Å². The Morgan fingerprint density at radius 2 is 1.95 bits per heavy atom. The number of rotatable bonds is 2. The molecule has 114 valence electrons. The van der Waals surface area contributed by atoms with Crippen LogP contribution in [-0.4, -0.2) is 45.8 Å². The second-order valence-electron chi connectivity index (χ2n) is 5.41. The fourth-order valence-corrected chi connectivity index (χ4v) is 2.58. The lowest BCUT2D eigenvalue weighted by Gasteiger charge is -2.35. The number of carboxylic acid groups (broad SMARTS) is 1. The average molecular weight is 357 g/mol. The second kappa shape index (κ2) is 6.03. The second-order valence-corrected chi connectivity index (χ2v) is 6.27. The third-order valence-electron chi connectivity index (χ3n) is 3.58. The Hall–Kier alpha value is -1.60. The molecule has 1 saturated heterocycles. The molecular weight excluding hydrogens is 340 g/mol. The number of aromatic carboxylic acids is 1. The van der Waals surface area contributed by atoms with Crippen molar-refractivity contribution in [2.45, 2.75) is 25.4 Å². The van der Waals surface area contributed by atoms with Crippen LogP contribution in [0.5, 0.6) is 0 Å². The minimum absolute atomic E-state index is 0.0920. The van der Waals surface area contributed by atoms with Gasteiger partial charge in [-0.3, -0.25) is 0 Å². The molecule has 0 aromatic heterocycles. The van der Waals surface area contributed by atoms with E-state index >= 15 is 0 Å². The van der Waals surface area contributed by atoms with Crippen LogP contribution in [0.4, 0.5) is 10.5 Å². The zero-order valence-corrected chi connectivity index (χ0v) is 13.2. The zero-order chi connectivity index (χ0) is 15.6. The van der Waals surface area contributed by atoms with Gasteiger partial charge in [0.25, 0.3) is 0 Å². The smallest absolute Gasteiger partial charge is 0.336 e. The largest absolute Gasteiger partial charge is 0.478 e. The van der Waals surface area contributed by atoms with E-state index in [1.807, 2.05) is 0 Å². The number of amides is 2. The maximum absolute atomic E-state index is 12.1. The fraction of sp³-hybridized carbons (Fsp3) is 0.429. The van der Waals surface area contributed by atoms with Crippen LogP contribution in [0.3, 0.4) is 0 Å². The summed E-state index contributed by atoms with van der Waals surface area (Å²) in [7, 11) is 0. The molecule has 2 rings (SSSR count). The number of hydrogen-bond donors (Lipinski definition) is 3. The van der Waals surface area contributed by atoms with Gasteiger partial charge in [-0.05, 0) is 53.9 Å². The number of nitrogens with one attached hydrogen (secondary N) is 1. The zero-order valence-electron chi connectivity index (χ0n) is 11.6. The summed E-state index contributed by atoms with van der Waals surface area (Å²) < 4.78 is 0.460. The lowest BCUT2D eigenvalue weighted by molar-refractivity contribution is 0.00569. The molecular formula is C14H17BrN2O4. The van der Waals surface area contributed by atoms with E-state index in [9.17, 15) is 14.7 Å². The number of hydrogen-bond acceptors (Lipinski definition) is 3. The molecule has 21 heavy (non-hydrogen) atoms. The minimum Gasteiger partial charge on any atom is -0.478 e. The van der Waals surface area contributed by atoms with E-state index in [1.165, 1.54) is 6.07 Å². The monoisotopic (exact) mass is 356 g/mol. The van der Waals surface area contributed by atoms with E-state index in [4.69, 9.17) is 5.11 Å². The normalized spacial score (nSPS) is 17.4. The van der Waals surface area contributed by atoms with Gasteiger partial charge in [-0.2, -0.15) is 0 Å². The van der Waals surface area contributed by atoms with E-state index in [0.29, 0.717) is 36.1 Å². The van der Waals surface area contributed by atoms with Gasteiger partial charge < -0.3 is 20.4 Å². The molecule has 0 atom stereocenters. The van der Waals surface area contributed by atoms with E-state index in [2.05, 4.69) is 21.2 Å². The van der Waals surface area contributed by atoms with Crippen molar-refractivity contribution in [3.63, 3.8) is 0 Å². The Balaban J connectivity index is 2.03. The van der Waals surface area contributed by atoms with Crippen molar-refractivity contribution in [1.82, 2.24) is 4.90 Å². The number of benzene rings is 1. The summed E-state index contributed by atoms with van der Waals surface area (Å²) in [6.45, 7) is 2.71. The van der Waals surface area contributed by atoms with Crippen LogP contribution >= 0.6 is 15.9 Å². The van der Waals surface area contributed by atoms with Crippen LogP contribution < -0.4 is 5.32 Å². The molecule has 7 heteroatoms. The molecule has 0 unspecified atom stereocenters. The summed E-state index contributed by atoms with van der Waals surface area (Å²) >= 11 is 3.15. The molecule has 1 heterocycles. The summed E-state index contributed by atoms with van der Waals surface area (Å²) in [5.41, 5.74) is -0.197. The third kappa shape index (κ3) is 3.95. The number of carbonyl (C=O) groups excluding carboxylic acids is 1. The Labute approximate surface area is 130 Å². The molecule has 0 bridgehead atoms. The van der Waals surface area contributed by atoms with Gasteiger partial charge >= 0.3 is 12.0 Å². The standard InChI is InChI=1S/C14H17BrN2O4/c1-14(21)4-6-17(7-5-14)13(20)16-9-2-3-11(15)10(8-9)12(18)19/h2-3,8,21H,4-7H2,1H3,(H,16,20)(H,18,19). The fourth-order valence-electron chi connectivity index (χ4n) is 2.16. The lowest BCUT2D eigenvalue weighted by Crippen LogP contribution is -2.46. The summed E-state index contributed by atoms with van der Waals surface area (Å²) in [6, 6.07) is 4.34. The van der Waals surface area contributed by atoms with E-state index in [-0.39, 0.29) is 11.6 Å². The third-order valence-corrected chi connectivity index (χ3v) is 4.27. The molecule has 1 aliphatic heterocycles. The number of urea groups is 1. The van der Waals surface area contributed by atoms with E-state index in [1.54, 1.807) is 24.0 Å². The number of anilines is 1. The highest BCUT2D eigenvalue weighted by Crippen LogP contribution is 2.23. The number of nitrogens with zero attached hydrogens (tertiary/aromatic N) is 1. The van der Waals surface area contributed by atoms with Gasteiger partial charge in [-0.25, -0.2) is 9.59 Å². The highest BCUT2D eigenvalue weighted by molar-refractivity contribution is 9.10. The van der Waals surface area contributed by atoms with Crippen molar-refractivity contribution >= 4 is 33.6 Å². The Morgan fingerprint density at radius 1 is 1.33 bits per heavy atom. The predicted octanol–water partition coefficient (Wildman–Crippen LogP) is 2.53. The quantitative estimate of drug-likeness (QED) is 0.759. The first-order valence-electron chi connectivity index (χ1n) is 6.60. The summed E-state index contributed by atoms with van der Waals surface area (Å²) in [5.74, 6) is -1.06. The number of carboxylic acids is 1. The first-order valence-corrected chi connectivity index (χ1v) is 7.39. The van der Waals surface area contributed by atoms with Gasteiger partial charge in [0.15, 0.2) is 0 Å². The van der Waals surface area contributed by atoms with Crippen molar-refractivity contribution < 1.29 is 19.8 Å². The topological polar surface area (TPSA) is 89.9 Å². The van der Waals surface area contributed by atoms with Gasteiger partial charge in [-0.15, -0.1) is 0 Å². The predicted molar refractivity (Wildman–Crippen MR) is 81.6 cm³/mol. The van der Waals surface area contributed by atoms with Crippen molar-refractivity contribution in [2.24, 2.45) is 0 Å². The first-order chi connectivity index (χ1) is 9.78. The maximum atomic E-state index is 12.1. The van der Waals surface area contributed by atoms with Crippen molar-refractivity contribution in [2.75, 3.05) is 18.4 Å². The van der Waals surface area contributed by atoms with Gasteiger partial charge in [0.1, 0.15) is 0 Å². The molecule has 1 aliphatic rings. The molecule has 0 saturated carbocycles. The van der Waals surface area contributed by atoms with Crippen LogP contribution in [0.15, 0.2) is 22.7 Å². The number of carbonyl (C=O) groups is 2. The Morgan fingerprint density at radius 3 is 2.52 bits per heavy atom. The molecule has 6 nitrogen and oxygen atoms in total. The van der Waals surface area contributed by atoms with Crippen molar-refractivity contribution in [3.05, 3.63) is 28.2 Å². The van der Waals surface area contributed by atoms with Crippen LogP contribution in [0, 0.1) is 0 Å². The van der Waals surface area contributed by atoms with Crippen LogP contribution in [-0.2, 0) is 0 Å². The Kier molecular flexibility index (Phi) is 4.53. The van der Waals surface area contributed by atoms with Crippen LogP contribution in [0.2, 0.25) is 0 Å². The maximum Gasteiger partial charge on any atom is 0.336 e. The number of likely N-dealkylation sites (tertiary alicyclic amines) is 1. The number of piperidine rings is 1. The molecule has 0 aliphatic carbocycles. The molecule has 0 spiro atoms. The Bertz CT molecular complexity index is 564. The number of halogens is 1. The average Bonchev–Trinajstić information content (AvgIpc) is 2.40. The minimum atomic E-state index is -1.06. The highest BCUT2D eigenvalue weighted by Gasteiger charge is 2.29. The van der Waals surface area contributed by atoms with Gasteiger partial charge in [0.05, 0.1) is 11.2 Å². The van der Waals surface area contributed by atoms with E-state index < -0.39 is 11.6 Å². The molecule has 2 amide bonds. The first kappa shape index (κ1) is 15.8. The summed E-state index contributed by atoms with van der Waals surface area (Å²) in [5, 5.41) is 21.6. The number of aliphatic hydroxyl groups is 1. The summed E-state index contributed by atoms with van der Waals surface area (Å²) in [4.78, 5) is 24.8. The molecule has 1 fully saturated rings. The van der Waals surface area contributed by atoms with Gasteiger partial charge in [0, 0.05) is 23.2 Å². The van der Waals surface area contributed by atoms with Crippen LogP contribution in [0.1, 0.15) is 30.1 Å². The molecule has 0 radical (unpaired) electrons. The summed E-state index contributed by atoms with van der Waals surface area (Å²) in [6.07, 6.45) is 1.06. The van der Waals surface area contributed by atoms with Crippen molar-refractivity contribution in [3.8, 4) is 0 Å². The molecule has 1 aromatic rings. The van der Waals surface area contributed by atoms with Gasteiger partial charge in [-0.1, -0.05) is 0 Å². The molecule has 3 N–H and O–H groups in total. The van der Waals surface area contributed by atoms with Crippen molar-refractivity contribution in [1.29, 1.82) is 0 Å². The highest BCUT2D eigenvalue weighted by atomic mass is 79.9. The lowest BCUT2D eigenvalue weighted by atomic mass is 9.94. The SMILES string of the molecule is CC1(O)CCN(C(=O)Nc2ccc(Br)c(C(=O)O)c2)CC1. The molecule has 1 aromatic carbocycles. The van der Waals surface area contributed by atoms with E-state index in [0.717, 1.165) is 0 Å². The van der Waals surface area contributed by atoms with Crippen LogP contribution in [0.25, 0.3) is 0 Å².